The molecule has 0 saturated heterocycles. The van der Waals surface area contributed by atoms with Gasteiger partial charge in [-0.05, 0) is 41.3 Å². The zero-order chi connectivity index (χ0) is 22.3. The van der Waals surface area contributed by atoms with Crippen molar-refractivity contribution in [2.45, 2.75) is 12.5 Å². The van der Waals surface area contributed by atoms with Gasteiger partial charge in [-0.25, -0.2) is 0 Å². The molecule has 4 aromatic rings. The van der Waals surface area contributed by atoms with Gasteiger partial charge < -0.3 is 5.32 Å². The molecule has 0 aromatic heterocycles. The molecule has 2 atom stereocenters. The lowest BCUT2D eigenvalue weighted by atomic mass is 9.65. The molecule has 160 valence electrons. The Balaban J connectivity index is 1.61. The first-order valence-corrected chi connectivity index (χ1v) is 11.2. The van der Waals surface area contributed by atoms with Crippen LogP contribution in [0.4, 0.5) is 11.4 Å². The Kier molecular flexibility index (Phi) is 4.58. The van der Waals surface area contributed by atoms with Crippen molar-refractivity contribution in [2.24, 2.45) is 10.5 Å². The summed E-state index contributed by atoms with van der Waals surface area (Å²) >= 11 is 0. The van der Waals surface area contributed by atoms with Gasteiger partial charge in [0.15, 0.2) is 0 Å². The molecule has 0 radical (unpaired) electrons. The lowest BCUT2D eigenvalue weighted by Crippen LogP contribution is -2.51. The van der Waals surface area contributed by atoms with Crippen LogP contribution in [-0.4, -0.2) is 11.6 Å². The van der Waals surface area contributed by atoms with E-state index >= 15 is 0 Å². The van der Waals surface area contributed by atoms with E-state index in [-0.39, 0.29) is 11.9 Å². The van der Waals surface area contributed by atoms with E-state index in [4.69, 9.17) is 5.10 Å². The number of anilines is 2. The minimum Gasteiger partial charge on any atom is -0.376 e. The van der Waals surface area contributed by atoms with Crippen molar-refractivity contribution in [3.63, 3.8) is 0 Å². The van der Waals surface area contributed by atoms with Crippen molar-refractivity contribution in [2.75, 3.05) is 10.3 Å². The minimum atomic E-state index is -0.882. The van der Waals surface area contributed by atoms with E-state index in [1.165, 1.54) is 0 Å². The molecule has 0 bridgehead atoms. The zero-order valence-electron chi connectivity index (χ0n) is 18.1. The van der Waals surface area contributed by atoms with E-state index in [1.807, 2.05) is 91.0 Å². The zero-order valence-corrected chi connectivity index (χ0v) is 18.1. The molecule has 4 heteroatoms. The fourth-order valence-corrected chi connectivity index (χ4v) is 5.11. The number of carbonyl (C=O) groups is 1. The smallest absolute Gasteiger partial charge is 0.262 e. The summed E-state index contributed by atoms with van der Waals surface area (Å²) < 4.78 is 0. The van der Waals surface area contributed by atoms with Crippen LogP contribution in [0.5, 0.6) is 0 Å². The second-order valence-corrected chi connectivity index (χ2v) is 8.56. The van der Waals surface area contributed by atoms with Gasteiger partial charge in [0.25, 0.3) is 5.91 Å². The summed E-state index contributed by atoms with van der Waals surface area (Å²) in [4.78, 5) is 14.4. The molecule has 1 amide bonds. The maximum Gasteiger partial charge on any atom is 0.262 e. The summed E-state index contributed by atoms with van der Waals surface area (Å²) in [6, 6.07) is 38.0. The van der Waals surface area contributed by atoms with Crippen LogP contribution in [0, 0.1) is 5.41 Å². The molecule has 2 unspecified atom stereocenters. The van der Waals surface area contributed by atoms with Crippen molar-refractivity contribution >= 4 is 23.0 Å². The highest BCUT2D eigenvalue weighted by atomic mass is 16.2. The molecule has 33 heavy (non-hydrogen) atoms. The van der Waals surface area contributed by atoms with Gasteiger partial charge in [0.2, 0.25) is 0 Å². The molecule has 6 rings (SSSR count). The fourth-order valence-electron chi connectivity index (χ4n) is 5.11. The average molecular weight is 430 g/mol. The maximum absolute atomic E-state index is 14.4. The number of rotatable bonds is 3. The Bertz CT molecular complexity index is 1340. The van der Waals surface area contributed by atoms with Crippen LogP contribution in [-0.2, 0) is 11.2 Å². The quantitative estimate of drug-likeness (QED) is 0.445. The van der Waals surface area contributed by atoms with Crippen LogP contribution in [0.1, 0.15) is 22.7 Å². The summed E-state index contributed by atoms with van der Waals surface area (Å²) in [5.41, 5.74) is 4.91. The normalized spacial score (nSPS) is 21.5. The van der Waals surface area contributed by atoms with Crippen molar-refractivity contribution in [3.05, 3.63) is 132 Å². The molecule has 2 aliphatic heterocycles. The highest BCUT2D eigenvalue weighted by Crippen LogP contribution is 2.51. The van der Waals surface area contributed by atoms with E-state index in [0.29, 0.717) is 6.42 Å². The second kappa shape index (κ2) is 7.75. The molecule has 0 saturated carbocycles. The van der Waals surface area contributed by atoms with Crippen molar-refractivity contribution < 1.29 is 4.79 Å². The first-order chi connectivity index (χ1) is 16.3. The molecule has 0 aliphatic carbocycles. The summed E-state index contributed by atoms with van der Waals surface area (Å²) in [5.74, 6) is -0.0107. The van der Waals surface area contributed by atoms with Gasteiger partial charge in [-0.15, -0.1) is 0 Å². The molecule has 4 aromatic carbocycles. The Labute approximate surface area is 193 Å². The fraction of sp³-hybridized carbons (Fsp3) is 0.103. The molecular formula is C29H23N3O. The lowest BCUT2D eigenvalue weighted by Gasteiger charge is -2.42. The van der Waals surface area contributed by atoms with Crippen LogP contribution < -0.4 is 10.3 Å². The number of para-hydroxylation sites is 2. The van der Waals surface area contributed by atoms with Gasteiger partial charge in [-0.3, -0.25) is 4.79 Å². The van der Waals surface area contributed by atoms with E-state index in [0.717, 1.165) is 33.8 Å². The van der Waals surface area contributed by atoms with Gasteiger partial charge >= 0.3 is 0 Å². The summed E-state index contributed by atoms with van der Waals surface area (Å²) in [6.07, 6.45) is 0.575. The standard InChI is InChI=1S/C29H23N3O/c33-28-29(20-23-16-10-11-19-25(23)30-26(29)21-12-4-1-5-13-21)27(22-14-6-2-7-15-22)31-32(28)24-17-8-3-9-18-24/h1-19,26,30H,20H2. The van der Waals surface area contributed by atoms with E-state index in [1.54, 1.807) is 5.01 Å². The molecular weight excluding hydrogens is 406 g/mol. The molecule has 2 heterocycles. The van der Waals surface area contributed by atoms with E-state index in [2.05, 4.69) is 29.6 Å². The maximum atomic E-state index is 14.4. The Morgan fingerprint density at radius 2 is 1.36 bits per heavy atom. The van der Waals surface area contributed by atoms with E-state index in [9.17, 15) is 4.79 Å². The SMILES string of the molecule is O=C1N(c2ccccc2)N=C(c2ccccc2)C12Cc1ccccc1NC2c1ccccc1. The monoisotopic (exact) mass is 429 g/mol. The van der Waals surface area contributed by atoms with Crippen molar-refractivity contribution in [1.82, 2.24) is 0 Å². The second-order valence-electron chi connectivity index (χ2n) is 8.56. The molecule has 1 spiro atoms. The Morgan fingerprint density at radius 1 is 0.758 bits per heavy atom. The van der Waals surface area contributed by atoms with Crippen LogP contribution in [0.3, 0.4) is 0 Å². The van der Waals surface area contributed by atoms with Gasteiger partial charge in [0.1, 0.15) is 5.41 Å². The number of fused-ring (bicyclic) bond motifs is 1. The molecule has 1 N–H and O–H groups in total. The van der Waals surface area contributed by atoms with Crippen LogP contribution in [0.2, 0.25) is 0 Å². The minimum absolute atomic E-state index is 0.0107. The number of hydrogen-bond acceptors (Lipinski definition) is 3. The third kappa shape index (κ3) is 3.06. The van der Waals surface area contributed by atoms with Gasteiger partial charge in [0.05, 0.1) is 17.4 Å². The topological polar surface area (TPSA) is 44.7 Å². The Morgan fingerprint density at radius 3 is 2.09 bits per heavy atom. The molecule has 0 fully saturated rings. The lowest BCUT2D eigenvalue weighted by molar-refractivity contribution is -0.124. The molecule has 2 aliphatic rings. The van der Waals surface area contributed by atoms with Crippen molar-refractivity contribution in [1.29, 1.82) is 0 Å². The van der Waals surface area contributed by atoms with Crippen LogP contribution in [0.25, 0.3) is 0 Å². The van der Waals surface area contributed by atoms with Gasteiger partial charge in [-0.2, -0.15) is 10.1 Å². The largest absolute Gasteiger partial charge is 0.376 e. The summed E-state index contributed by atoms with van der Waals surface area (Å²) in [7, 11) is 0. The van der Waals surface area contributed by atoms with Gasteiger partial charge in [0, 0.05) is 5.69 Å². The number of amides is 1. The van der Waals surface area contributed by atoms with E-state index < -0.39 is 5.41 Å². The Hall–Kier alpha value is -4.18. The summed E-state index contributed by atoms with van der Waals surface area (Å²) in [5, 5.41) is 10.3. The number of nitrogens with one attached hydrogen (secondary N) is 1. The van der Waals surface area contributed by atoms with Crippen molar-refractivity contribution in [3.8, 4) is 0 Å². The first kappa shape index (κ1) is 19.5. The predicted molar refractivity (Wildman–Crippen MR) is 132 cm³/mol. The average Bonchev–Trinajstić information content (AvgIpc) is 3.17. The number of benzene rings is 4. The van der Waals surface area contributed by atoms with Gasteiger partial charge in [-0.1, -0.05) is 97.1 Å². The number of hydrogen-bond donors (Lipinski definition) is 1. The number of carbonyl (C=O) groups excluding carboxylic acids is 1. The summed E-state index contributed by atoms with van der Waals surface area (Å²) in [6.45, 7) is 0. The predicted octanol–water partition coefficient (Wildman–Crippen LogP) is 5.83. The first-order valence-electron chi connectivity index (χ1n) is 11.2. The highest BCUT2D eigenvalue weighted by Gasteiger charge is 2.59. The third-order valence-electron chi connectivity index (χ3n) is 6.66. The van der Waals surface area contributed by atoms with Crippen LogP contribution >= 0.6 is 0 Å². The number of nitrogens with zero attached hydrogens (tertiary/aromatic N) is 2. The molecule has 4 nitrogen and oxygen atoms in total. The highest BCUT2D eigenvalue weighted by molar-refractivity contribution is 6.26. The van der Waals surface area contributed by atoms with Crippen LogP contribution in [0.15, 0.2) is 120 Å². The third-order valence-corrected chi connectivity index (χ3v) is 6.66. The number of hydrazone groups is 1.